The van der Waals surface area contributed by atoms with Gasteiger partial charge in [-0.25, -0.2) is 0 Å². The molecule has 18 heavy (non-hydrogen) atoms. The zero-order chi connectivity index (χ0) is 13.4. The van der Waals surface area contributed by atoms with Crippen LogP contribution in [0.3, 0.4) is 0 Å². The molecule has 0 saturated carbocycles. The lowest BCUT2D eigenvalue weighted by Gasteiger charge is -2.14. The number of hydrogen-bond donors (Lipinski definition) is 2. The first kappa shape index (κ1) is 14.6. The molecule has 1 aromatic rings. The fraction of sp³-hybridized carbons (Fsp3) is 0.571. The SMILES string of the molecule is CCCNC(=O)C(C)NCc1ncccc1CC. The Balaban J connectivity index is 2.46. The molecule has 2 N–H and O–H groups in total. The molecule has 0 spiro atoms. The molecule has 1 amide bonds. The maximum absolute atomic E-state index is 11.7. The molecule has 100 valence electrons. The quantitative estimate of drug-likeness (QED) is 0.772. The van der Waals surface area contributed by atoms with Crippen LogP contribution < -0.4 is 10.6 Å². The van der Waals surface area contributed by atoms with Crippen molar-refractivity contribution in [3.8, 4) is 0 Å². The molecule has 1 aromatic heterocycles. The Hall–Kier alpha value is -1.42. The summed E-state index contributed by atoms with van der Waals surface area (Å²) in [5, 5.41) is 6.08. The molecule has 0 saturated heterocycles. The molecule has 0 fully saturated rings. The van der Waals surface area contributed by atoms with Gasteiger partial charge in [0.05, 0.1) is 11.7 Å². The van der Waals surface area contributed by atoms with Gasteiger partial charge in [0, 0.05) is 19.3 Å². The van der Waals surface area contributed by atoms with Gasteiger partial charge in [0.2, 0.25) is 5.91 Å². The average molecular weight is 249 g/mol. The van der Waals surface area contributed by atoms with Crippen molar-refractivity contribution >= 4 is 5.91 Å². The van der Waals surface area contributed by atoms with E-state index in [4.69, 9.17) is 0 Å². The highest BCUT2D eigenvalue weighted by atomic mass is 16.2. The van der Waals surface area contributed by atoms with Crippen LogP contribution in [0.2, 0.25) is 0 Å². The number of carbonyl (C=O) groups is 1. The van der Waals surface area contributed by atoms with Crippen molar-refractivity contribution in [2.24, 2.45) is 0 Å². The Morgan fingerprint density at radius 2 is 2.22 bits per heavy atom. The predicted octanol–water partition coefficient (Wildman–Crippen LogP) is 1.65. The number of amides is 1. The number of aryl methyl sites for hydroxylation is 1. The zero-order valence-corrected chi connectivity index (χ0v) is 11.5. The first-order valence-electron chi connectivity index (χ1n) is 6.62. The molecule has 0 aliphatic carbocycles. The number of rotatable bonds is 7. The average Bonchev–Trinajstić information content (AvgIpc) is 2.42. The Labute approximate surface area is 109 Å². The summed E-state index contributed by atoms with van der Waals surface area (Å²) in [6.45, 7) is 7.39. The van der Waals surface area contributed by atoms with E-state index in [1.165, 1.54) is 5.56 Å². The number of carbonyl (C=O) groups excluding carboxylic acids is 1. The molecule has 1 unspecified atom stereocenters. The Kier molecular flexibility index (Phi) is 6.36. The first-order chi connectivity index (χ1) is 8.69. The van der Waals surface area contributed by atoms with Crippen LogP contribution in [-0.4, -0.2) is 23.5 Å². The van der Waals surface area contributed by atoms with Gasteiger partial charge in [0.1, 0.15) is 0 Å². The minimum absolute atomic E-state index is 0.0471. The minimum Gasteiger partial charge on any atom is -0.355 e. The van der Waals surface area contributed by atoms with Crippen molar-refractivity contribution in [1.82, 2.24) is 15.6 Å². The van der Waals surface area contributed by atoms with E-state index in [1.54, 1.807) is 6.20 Å². The van der Waals surface area contributed by atoms with Crippen LogP contribution in [-0.2, 0) is 17.8 Å². The number of nitrogens with one attached hydrogen (secondary N) is 2. The van der Waals surface area contributed by atoms with Gasteiger partial charge in [0.25, 0.3) is 0 Å². The van der Waals surface area contributed by atoms with Crippen LogP contribution >= 0.6 is 0 Å². The molecule has 1 atom stereocenters. The summed E-state index contributed by atoms with van der Waals surface area (Å²) in [7, 11) is 0. The molecule has 0 bridgehead atoms. The smallest absolute Gasteiger partial charge is 0.236 e. The van der Waals surface area contributed by atoms with E-state index in [0.717, 1.165) is 25.1 Å². The zero-order valence-electron chi connectivity index (χ0n) is 11.5. The highest BCUT2D eigenvalue weighted by molar-refractivity contribution is 5.81. The van der Waals surface area contributed by atoms with Crippen LogP contribution in [0.25, 0.3) is 0 Å². The van der Waals surface area contributed by atoms with Gasteiger partial charge in [-0.1, -0.05) is 19.9 Å². The largest absolute Gasteiger partial charge is 0.355 e. The molecule has 0 radical (unpaired) electrons. The Bertz CT molecular complexity index is 379. The van der Waals surface area contributed by atoms with Crippen molar-refractivity contribution in [2.75, 3.05) is 6.54 Å². The summed E-state index contributed by atoms with van der Waals surface area (Å²) < 4.78 is 0. The monoisotopic (exact) mass is 249 g/mol. The Morgan fingerprint density at radius 1 is 1.44 bits per heavy atom. The van der Waals surface area contributed by atoms with Crippen LogP contribution in [0.15, 0.2) is 18.3 Å². The van der Waals surface area contributed by atoms with E-state index in [0.29, 0.717) is 6.54 Å². The summed E-state index contributed by atoms with van der Waals surface area (Å²) in [6.07, 6.45) is 3.71. The summed E-state index contributed by atoms with van der Waals surface area (Å²) in [4.78, 5) is 16.0. The fourth-order valence-corrected chi connectivity index (χ4v) is 1.70. The Morgan fingerprint density at radius 3 is 2.89 bits per heavy atom. The van der Waals surface area contributed by atoms with Crippen molar-refractivity contribution in [2.45, 2.75) is 46.2 Å². The standard InChI is InChI=1S/C14H23N3O/c1-4-8-16-14(18)11(3)17-10-13-12(5-2)7-6-9-15-13/h6-7,9,11,17H,4-5,8,10H2,1-3H3,(H,16,18). The second-order valence-corrected chi connectivity index (χ2v) is 4.36. The highest BCUT2D eigenvalue weighted by Gasteiger charge is 2.12. The highest BCUT2D eigenvalue weighted by Crippen LogP contribution is 2.05. The van der Waals surface area contributed by atoms with Crippen molar-refractivity contribution < 1.29 is 4.79 Å². The lowest BCUT2D eigenvalue weighted by atomic mass is 10.1. The van der Waals surface area contributed by atoms with Gasteiger partial charge in [-0.05, 0) is 31.4 Å². The summed E-state index contributed by atoms with van der Waals surface area (Å²) in [5.74, 6) is 0.0471. The molecule has 1 rings (SSSR count). The van der Waals surface area contributed by atoms with Crippen LogP contribution in [0.5, 0.6) is 0 Å². The van der Waals surface area contributed by atoms with Crippen molar-refractivity contribution in [3.05, 3.63) is 29.6 Å². The van der Waals surface area contributed by atoms with E-state index < -0.39 is 0 Å². The summed E-state index contributed by atoms with van der Waals surface area (Å²) >= 11 is 0. The van der Waals surface area contributed by atoms with E-state index in [-0.39, 0.29) is 11.9 Å². The molecule has 0 aromatic carbocycles. The third kappa shape index (κ3) is 4.45. The lowest BCUT2D eigenvalue weighted by Crippen LogP contribution is -2.42. The summed E-state index contributed by atoms with van der Waals surface area (Å²) in [6, 6.07) is 3.83. The van der Waals surface area contributed by atoms with Gasteiger partial charge in [-0.3, -0.25) is 9.78 Å². The van der Waals surface area contributed by atoms with Crippen LogP contribution in [0.1, 0.15) is 38.4 Å². The molecule has 1 heterocycles. The van der Waals surface area contributed by atoms with E-state index >= 15 is 0 Å². The van der Waals surface area contributed by atoms with Gasteiger partial charge in [0.15, 0.2) is 0 Å². The number of aromatic nitrogens is 1. The van der Waals surface area contributed by atoms with Crippen molar-refractivity contribution in [1.29, 1.82) is 0 Å². The van der Waals surface area contributed by atoms with Gasteiger partial charge in [-0.2, -0.15) is 0 Å². The van der Waals surface area contributed by atoms with E-state index in [9.17, 15) is 4.79 Å². The van der Waals surface area contributed by atoms with Crippen LogP contribution in [0, 0.1) is 0 Å². The molecule has 4 nitrogen and oxygen atoms in total. The maximum atomic E-state index is 11.7. The molecule has 0 aliphatic rings. The van der Waals surface area contributed by atoms with Crippen molar-refractivity contribution in [3.63, 3.8) is 0 Å². The third-order valence-electron chi connectivity index (χ3n) is 2.88. The molecular formula is C14H23N3O. The number of hydrogen-bond acceptors (Lipinski definition) is 3. The lowest BCUT2D eigenvalue weighted by molar-refractivity contribution is -0.122. The first-order valence-corrected chi connectivity index (χ1v) is 6.62. The molecule has 4 heteroatoms. The normalized spacial score (nSPS) is 12.2. The second kappa shape index (κ2) is 7.82. The van der Waals surface area contributed by atoms with E-state index in [1.807, 2.05) is 19.9 Å². The topological polar surface area (TPSA) is 54.0 Å². The third-order valence-corrected chi connectivity index (χ3v) is 2.88. The maximum Gasteiger partial charge on any atom is 0.236 e. The number of pyridine rings is 1. The van der Waals surface area contributed by atoms with Gasteiger partial charge < -0.3 is 10.6 Å². The molecule has 0 aliphatic heterocycles. The molecular weight excluding hydrogens is 226 g/mol. The van der Waals surface area contributed by atoms with Gasteiger partial charge in [-0.15, -0.1) is 0 Å². The fourth-order valence-electron chi connectivity index (χ4n) is 1.70. The van der Waals surface area contributed by atoms with E-state index in [2.05, 4.69) is 28.6 Å². The second-order valence-electron chi connectivity index (χ2n) is 4.36. The minimum atomic E-state index is -0.191. The van der Waals surface area contributed by atoms with Gasteiger partial charge >= 0.3 is 0 Å². The predicted molar refractivity (Wildman–Crippen MR) is 73.2 cm³/mol. The number of nitrogens with zero attached hydrogens (tertiary/aromatic N) is 1. The van der Waals surface area contributed by atoms with Crippen LogP contribution in [0.4, 0.5) is 0 Å². The summed E-state index contributed by atoms with van der Waals surface area (Å²) in [5.41, 5.74) is 2.25.